The van der Waals surface area contributed by atoms with Crippen molar-refractivity contribution >= 4 is 92.0 Å². The fourth-order valence-corrected chi connectivity index (χ4v) is 6.76. The van der Waals surface area contributed by atoms with E-state index in [0.717, 1.165) is 18.2 Å². The van der Waals surface area contributed by atoms with Gasteiger partial charge >= 0.3 is 59.7 Å². The first kappa shape index (κ1) is 55.3. The normalized spacial score (nSPS) is 10.5. The number of ether oxygens (including phenoxy) is 10. The summed E-state index contributed by atoms with van der Waals surface area (Å²) >= 11 is 0. The fourth-order valence-electron chi connectivity index (χ4n) is 6.76. The Balaban J connectivity index is 1.09. The van der Waals surface area contributed by atoms with E-state index < -0.39 is 59.7 Å². The van der Waals surface area contributed by atoms with Crippen molar-refractivity contribution in [2.24, 2.45) is 0 Å². The first-order chi connectivity index (χ1) is 36.6. The molecule has 0 atom stereocenters. The molecule has 0 amide bonds. The molecule has 0 fully saturated rings. The lowest BCUT2D eigenvalue weighted by Crippen LogP contribution is -2.16. The third-order valence-electron chi connectivity index (χ3n) is 10.4. The van der Waals surface area contributed by atoms with Crippen molar-refractivity contribution in [1.29, 1.82) is 0 Å². The van der Waals surface area contributed by atoms with Gasteiger partial charge in [0.15, 0.2) is 0 Å². The number of fused-ring (bicyclic) bond motifs is 3. The number of hydrogen-bond donors (Lipinski definition) is 0. The van der Waals surface area contributed by atoms with Crippen LogP contribution in [0.5, 0.6) is 23.0 Å². The van der Waals surface area contributed by atoms with Gasteiger partial charge in [-0.1, -0.05) is 50.1 Å². The van der Waals surface area contributed by atoms with Gasteiger partial charge in [-0.2, -0.15) is 0 Å². The van der Waals surface area contributed by atoms with E-state index in [1.54, 1.807) is 48.5 Å². The Kier molecular flexibility index (Phi) is 19.8. The molecule has 390 valence electrons. The van der Waals surface area contributed by atoms with E-state index in [1.165, 1.54) is 54.6 Å². The van der Waals surface area contributed by atoms with Crippen LogP contribution in [0, 0.1) is 0 Å². The zero-order chi connectivity index (χ0) is 54.6. The molecule has 0 aliphatic carbocycles. The summed E-state index contributed by atoms with van der Waals surface area (Å²) in [5.74, 6) is -7.09. The SMILES string of the molecule is C=CC(=O)OCCOC(=O)CCC(=O)Oc1ccc2cc(C(=O)Oc3ccc4cc(OC(=O)c5ccc6cc(OC(=O)CCC(=O)OCCOC(=O)C=C)ccc6c5)c(C(=O)OCCOC(=O)C=C)cc4c3)ccc2c1. The van der Waals surface area contributed by atoms with Crippen LogP contribution in [-0.4, -0.2) is 99.3 Å². The standard InChI is InChI=1S/C56H46O20/c1-4-47(57)67-21-23-70-50(60)17-19-52(62)73-42-14-11-34-27-39(9-7-36(34)29-42)54(64)75-44-16-13-38-33-46(45(32-41(38)31-44)56(66)72-26-25-69-49(59)6-3)76-55(65)40-10-8-37-30-43(15-12-35(37)28-40)74-53(63)20-18-51(61)71-24-22-68-48(58)5-2/h4-16,27-33H,1-3,17-26H2. The molecule has 6 aromatic carbocycles. The van der Waals surface area contributed by atoms with Crippen molar-refractivity contribution in [3.05, 3.63) is 158 Å². The number of carbonyl (C=O) groups is 10. The molecule has 0 N–H and O–H groups in total. The van der Waals surface area contributed by atoms with Crippen LogP contribution in [0.3, 0.4) is 0 Å². The van der Waals surface area contributed by atoms with Gasteiger partial charge < -0.3 is 47.4 Å². The maximum Gasteiger partial charge on any atom is 0.343 e. The van der Waals surface area contributed by atoms with Crippen LogP contribution < -0.4 is 18.9 Å². The highest BCUT2D eigenvalue weighted by molar-refractivity contribution is 6.03. The molecule has 0 aliphatic heterocycles. The van der Waals surface area contributed by atoms with E-state index in [2.05, 4.69) is 19.7 Å². The highest BCUT2D eigenvalue weighted by Gasteiger charge is 2.22. The third kappa shape index (κ3) is 16.5. The maximum atomic E-state index is 13.7. The number of esters is 10. The number of benzene rings is 6. The van der Waals surface area contributed by atoms with E-state index in [4.69, 9.17) is 47.4 Å². The van der Waals surface area contributed by atoms with Crippen LogP contribution in [-0.2, 0) is 62.0 Å². The molecule has 20 heteroatoms. The second kappa shape index (κ2) is 27.2. The van der Waals surface area contributed by atoms with Gasteiger partial charge in [-0.3, -0.25) is 19.2 Å². The molecule has 0 saturated heterocycles. The third-order valence-corrected chi connectivity index (χ3v) is 10.4. The van der Waals surface area contributed by atoms with E-state index in [9.17, 15) is 47.9 Å². The van der Waals surface area contributed by atoms with Gasteiger partial charge in [-0.15, -0.1) is 0 Å². The smallest absolute Gasteiger partial charge is 0.343 e. The van der Waals surface area contributed by atoms with Gasteiger partial charge in [-0.05, 0) is 105 Å². The Bertz CT molecular complexity index is 3280. The lowest BCUT2D eigenvalue weighted by atomic mass is 10.0. The van der Waals surface area contributed by atoms with Gasteiger partial charge in [0.25, 0.3) is 0 Å². The highest BCUT2D eigenvalue weighted by atomic mass is 16.6. The minimum absolute atomic E-state index is 0.0850. The molecule has 6 aromatic rings. The van der Waals surface area contributed by atoms with Crippen LogP contribution >= 0.6 is 0 Å². The minimum Gasteiger partial charge on any atom is -0.462 e. The first-order valence-corrected chi connectivity index (χ1v) is 23.0. The average Bonchev–Trinajstić information content (AvgIpc) is 3.42. The molecule has 0 spiro atoms. The van der Waals surface area contributed by atoms with Crippen LogP contribution in [0.2, 0.25) is 0 Å². The topological polar surface area (TPSA) is 263 Å². The zero-order valence-corrected chi connectivity index (χ0v) is 40.4. The summed E-state index contributed by atoms with van der Waals surface area (Å²) in [7, 11) is 0. The predicted molar refractivity (Wildman–Crippen MR) is 267 cm³/mol. The molecule has 0 aliphatic rings. The fraction of sp³-hybridized carbons (Fsp3) is 0.179. The Morgan fingerprint density at radius 1 is 0.329 bits per heavy atom. The quantitative estimate of drug-likeness (QED) is 0.0178. The van der Waals surface area contributed by atoms with Crippen LogP contribution in [0.1, 0.15) is 56.8 Å². The summed E-state index contributed by atoms with van der Waals surface area (Å²) in [4.78, 5) is 123. The number of carbonyl (C=O) groups excluding carboxylic acids is 10. The summed E-state index contributed by atoms with van der Waals surface area (Å²) in [5.41, 5.74) is 0.0612. The molecule has 0 saturated carbocycles. The number of hydrogen-bond acceptors (Lipinski definition) is 20. The predicted octanol–water partition coefficient (Wildman–Crippen LogP) is 7.39. The zero-order valence-electron chi connectivity index (χ0n) is 40.4. The molecule has 0 unspecified atom stereocenters. The average molecular weight is 1040 g/mol. The van der Waals surface area contributed by atoms with E-state index >= 15 is 0 Å². The minimum atomic E-state index is -0.943. The van der Waals surface area contributed by atoms with Crippen molar-refractivity contribution < 1.29 is 95.3 Å². The van der Waals surface area contributed by atoms with Crippen LogP contribution in [0.4, 0.5) is 0 Å². The Morgan fingerprint density at radius 3 is 1.14 bits per heavy atom. The molecule has 0 aromatic heterocycles. The molecule has 76 heavy (non-hydrogen) atoms. The molecule has 0 radical (unpaired) electrons. The maximum absolute atomic E-state index is 13.7. The monoisotopic (exact) mass is 1040 g/mol. The second-order valence-corrected chi connectivity index (χ2v) is 15.7. The number of rotatable bonds is 25. The lowest BCUT2D eigenvalue weighted by Gasteiger charge is -2.13. The highest BCUT2D eigenvalue weighted by Crippen LogP contribution is 2.32. The summed E-state index contributed by atoms with van der Waals surface area (Å²) in [6.07, 6.45) is 1.79. The second-order valence-electron chi connectivity index (χ2n) is 15.7. The molecule has 6 rings (SSSR count). The van der Waals surface area contributed by atoms with Gasteiger partial charge in [0, 0.05) is 18.2 Å². The van der Waals surface area contributed by atoms with Crippen LogP contribution in [0.25, 0.3) is 32.3 Å². The Morgan fingerprint density at radius 2 is 0.684 bits per heavy atom. The van der Waals surface area contributed by atoms with Crippen molar-refractivity contribution in [2.75, 3.05) is 39.6 Å². The van der Waals surface area contributed by atoms with Gasteiger partial charge in [0.05, 0.1) is 36.8 Å². The van der Waals surface area contributed by atoms with Crippen molar-refractivity contribution in [3.8, 4) is 23.0 Å². The molecular formula is C56H46O20. The summed E-state index contributed by atoms with van der Waals surface area (Å²) in [6, 6.07) is 26.0. The van der Waals surface area contributed by atoms with Crippen molar-refractivity contribution in [1.82, 2.24) is 0 Å². The first-order valence-electron chi connectivity index (χ1n) is 23.0. The van der Waals surface area contributed by atoms with Gasteiger partial charge in [0.1, 0.15) is 68.2 Å². The Hall–Kier alpha value is -9.98. The van der Waals surface area contributed by atoms with Crippen molar-refractivity contribution in [2.45, 2.75) is 25.7 Å². The summed E-state index contributed by atoms with van der Waals surface area (Å²) in [5, 5.41) is 3.20. The largest absolute Gasteiger partial charge is 0.462 e. The molecule has 0 heterocycles. The lowest BCUT2D eigenvalue weighted by molar-refractivity contribution is -0.151. The molecular weight excluding hydrogens is 993 g/mol. The molecule has 20 nitrogen and oxygen atoms in total. The summed E-state index contributed by atoms with van der Waals surface area (Å²) in [6.45, 7) is 8.48. The molecule has 0 bridgehead atoms. The van der Waals surface area contributed by atoms with Crippen LogP contribution in [0.15, 0.2) is 141 Å². The Labute approximate surface area is 432 Å². The van der Waals surface area contributed by atoms with E-state index in [0.29, 0.717) is 32.3 Å². The van der Waals surface area contributed by atoms with E-state index in [1.807, 2.05) is 0 Å². The van der Waals surface area contributed by atoms with Gasteiger partial charge in [0.2, 0.25) is 0 Å². The van der Waals surface area contributed by atoms with Crippen molar-refractivity contribution in [3.63, 3.8) is 0 Å². The summed E-state index contributed by atoms with van der Waals surface area (Å²) < 4.78 is 51.8. The van der Waals surface area contributed by atoms with E-state index in [-0.39, 0.29) is 105 Å². The van der Waals surface area contributed by atoms with Gasteiger partial charge in [-0.25, -0.2) is 28.8 Å².